The molecule has 5 heteroatoms. The van der Waals surface area contributed by atoms with Crippen molar-refractivity contribution in [2.24, 2.45) is 0 Å². The average molecular weight is 395 g/mol. The van der Waals surface area contributed by atoms with Crippen LogP contribution in [0.3, 0.4) is 0 Å². The predicted octanol–water partition coefficient (Wildman–Crippen LogP) is 6.55. The molecule has 27 heavy (non-hydrogen) atoms. The van der Waals surface area contributed by atoms with E-state index in [1.165, 1.54) is 10.3 Å². The SMILES string of the molecule is COc1ccc(Cl)cc1CNc1ccc(-c2nc3ccc(C)cc3s2)cc1. The van der Waals surface area contributed by atoms with Gasteiger partial charge in [-0.3, -0.25) is 0 Å². The first-order valence-corrected chi connectivity index (χ1v) is 9.86. The Balaban J connectivity index is 1.51. The van der Waals surface area contributed by atoms with Gasteiger partial charge in [0.1, 0.15) is 10.8 Å². The third kappa shape index (κ3) is 3.92. The smallest absolute Gasteiger partial charge is 0.124 e. The van der Waals surface area contributed by atoms with Crippen LogP contribution in [0, 0.1) is 6.92 Å². The number of methoxy groups -OCH3 is 1. The van der Waals surface area contributed by atoms with E-state index in [0.717, 1.165) is 33.1 Å². The number of nitrogens with zero attached hydrogens (tertiary/aromatic N) is 1. The van der Waals surface area contributed by atoms with Crippen LogP contribution >= 0.6 is 22.9 Å². The van der Waals surface area contributed by atoms with Crippen molar-refractivity contribution < 1.29 is 4.74 Å². The number of benzene rings is 3. The van der Waals surface area contributed by atoms with Gasteiger partial charge in [-0.05, 0) is 67.1 Å². The molecule has 136 valence electrons. The van der Waals surface area contributed by atoms with Crippen LogP contribution in [0.15, 0.2) is 60.7 Å². The molecule has 1 N–H and O–H groups in total. The van der Waals surface area contributed by atoms with Crippen molar-refractivity contribution in [3.63, 3.8) is 0 Å². The highest BCUT2D eigenvalue weighted by molar-refractivity contribution is 7.21. The number of aryl methyl sites for hydroxylation is 1. The lowest BCUT2D eigenvalue weighted by atomic mass is 10.1. The van der Waals surface area contributed by atoms with Gasteiger partial charge in [0.15, 0.2) is 0 Å². The summed E-state index contributed by atoms with van der Waals surface area (Å²) in [5.74, 6) is 0.827. The van der Waals surface area contributed by atoms with E-state index in [-0.39, 0.29) is 0 Å². The second kappa shape index (κ2) is 7.59. The molecule has 1 heterocycles. The van der Waals surface area contributed by atoms with Crippen molar-refractivity contribution in [2.45, 2.75) is 13.5 Å². The number of thiazole rings is 1. The molecule has 1 aromatic heterocycles. The summed E-state index contributed by atoms with van der Waals surface area (Å²) in [6, 6.07) is 20.4. The fraction of sp³-hybridized carbons (Fsp3) is 0.136. The zero-order valence-corrected chi connectivity index (χ0v) is 16.7. The van der Waals surface area contributed by atoms with Crippen LogP contribution in [0.1, 0.15) is 11.1 Å². The van der Waals surface area contributed by atoms with Gasteiger partial charge in [0, 0.05) is 28.4 Å². The van der Waals surface area contributed by atoms with Crippen molar-refractivity contribution in [1.82, 2.24) is 4.98 Å². The molecule has 0 aliphatic rings. The molecule has 0 amide bonds. The first kappa shape index (κ1) is 17.8. The van der Waals surface area contributed by atoms with E-state index in [9.17, 15) is 0 Å². The third-order valence-electron chi connectivity index (χ3n) is 4.40. The van der Waals surface area contributed by atoms with E-state index in [4.69, 9.17) is 21.3 Å². The zero-order chi connectivity index (χ0) is 18.8. The number of hydrogen-bond acceptors (Lipinski definition) is 4. The first-order valence-electron chi connectivity index (χ1n) is 8.66. The third-order valence-corrected chi connectivity index (χ3v) is 5.70. The van der Waals surface area contributed by atoms with Gasteiger partial charge in [-0.15, -0.1) is 11.3 Å². The summed E-state index contributed by atoms with van der Waals surface area (Å²) in [4.78, 5) is 4.75. The maximum absolute atomic E-state index is 6.10. The molecule has 0 aliphatic carbocycles. The standard InChI is InChI=1S/C22H19ClN2OS/c1-14-3-9-19-21(11-14)27-22(25-19)15-4-7-18(8-5-15)24-13-16-12-17(23)6-10-20(16)26-2/h3-12,24H,13H2,1-2H3. The summed E-state index contributed by atoms with van der Waals surface area (Å²) in [5, 5.41) is 5.16. The highest BCUT2D eigenvalue weighted by Crippen LogP contribution is 2.31. The lowest BCUT2D eigenvalue weighted by Crippen LogP contribution is -2.01. The molecule has 0 bridgehead atoms. The Morgan fingerprint density at radius 1 is 1.04 bits per heavy atom. The Morgan fingerprint density at radius 2 is 1.85 bits per heavy atom. The minimum atomic E-state index is 0.642. The maximum Gasteiger partial charge on any atom is 0.124 e. The van der Waals surface area contributed by atoms with E-state index in [1.54, 1.807) is 18.4 Å². The number of ether oxygens (including phenoxy) is 1. The Hall–Kier alpha value is -2.56. The summed E-state index contributed by atoms with van der Waals surface area (Å²) in [7, 11) is 1.67. The quantitative estimate of drug-likeness (QED) is 0.417. The van der Waals surface area contributed by atoms with E-state index < -0.39 is 0 Å². The molecule has 0 saturated carbocycles. The van der Waals surface area contributed by atoms with Crippen LogP contribution in [0.4, 0.5) is 5.69 Å². The molecule has 4 rings (SSSR count). The lowest BCUT2D eigenvalue weighted by molar-refractivity contribution is 0.410. The molecular weight excluding hydrogens is 376 g/mol. The largest absolute Gasteiger partial charge is 0.496 e. The normalized spacial score (nSPS) is 10.9. The summed E-state index contributed by atoms with van der Waals surface area (Å²) in [6.45, 7) is 2.75. The first-order chi connectivity index (χ1) is 13.1. The highest BCUT2D eigenvalue weighted by Gasteiger charge is 2.07. The van der Waals surface area contributed by atoms with Crippen LogP contribution < -0.4 is 10.1 Å². The van der Waals surface area contributed by atoms with E-state index in [1.807, 2.05) is 18.2 Å². The van der Waals surface area contributed by atoms with Gasteiger partial charge in [-0.25, -0.2) is 4.98 Å². The highest BCUT2D eigenvalue weighted by atomic mass is 35.5. The van der Waals surface area contributed by atoms with E-state index >= 15 is 0 Å². The zero-order valence-electron chi connectivity index (χ0n) is 15.1. The summed E-state index contributed by atoms with van der Waals surface area (Å²) in [5.41, 5.74) is 5.50. The topological polar surface area (TPSA) is 34.1 Å². The molecule has 3 aromatic carbocycles. The van der Waals surface area contributed by atoms with Crippen LogP contribution in [-0.2, 0) is 6.54 Å². The lowest BCUT2D eigenvalue weighted by Gasteiger charge is -2.11. The number of rotatable bonds is 5. The van der Waals surface area contributed by atoms with Gasteiger partial charge in [0.05, 0.1) is 17.3 Å². The van der Waals surface area contributed by atoms with Gasteiger partial charge < -0.3 is 10.1 Å². The van der Waals surface area contributed by atoms with Gasteiger partial charge in [0.25, 0.3) is 0 Å². The summed E-state index contributed by atoms with van der Waals surface area (Å²) >= 11 is 7.82. The summed E-state index contributed by atoms with van der Waals surface area (Å²) < 4.78 is 6.62. The molecular formula is C22H19ClN2OS. The van der Waals surface area contributed by atoms with Gasteiger partial charge in [-0.1, -0.05) is 17.7 Å². The van der Waals surface area contributed by atoms with Crippen molar-refractivity contribution in [1.29, 1.82) is 0 Å². The number of anilines is 1. The van der Waals surface area contributed by atoms with Crippen LogP contribution in [0.25, 0.3) is 20.8 Å². The van der Waals surface area contributed by atoms with Gasteiger partial charge in [-0.2, -0.15) is 0 Å². The van der Waals surface area contributed by atoms with Crippen molar-refractivity contribution in [2.75, 3.05) is 12.4 Å². The maximum atomic E-state index is 6.10. The molecule has 0 radical (unpaired) electrons. The van der Waals surface area contributed by atoms with Crippen molar-refractivity contribution in [3.05, 3.63) is 76.8 Å². The number of hydrogen-bond donors (Lipinski definition) is 1. The average Bonchev–Trinajstić information content (AvgIpc) is 3.10. The van der Waals surface area contributed by atoms with E-state index in [2.05, 4.69) is 54.7 Å². The van der Waals surface area contributed by atoms with Crippen LogP contribution in [0.5, 0.6) is 5.75 Å². The Kier molecular flexibility index (Phi) is 5.01. The fourth-order valence-corrected chi connectivity index (χ4v) is 4.23. The van der Waals surface area contributed by atoms with Crippen molar-refractivity contribution in [3.8, 4) is 16.3 Å². The second-order valence-electron chi connectivity index (χ2n) is 6.38. The second-order valence-corrected chi connectivity index (χ2v) is 7.84. The van der Waals surface area contributed by atoms with Crippen LogP contribution in [-0.4, -0.2) is 12.1 Å². The molecule has 0 aliphatic heterocycles. The monoisotopic (exact) mass is 394 g/mol. The summed E-state index contributed by atoms with van der Waals surface area (Å²) in [6.07, 6.45) is 0. The van der Waals surface area contributed by atoms with E-state index in [0.29, 0.717) is 11.6 Å². The molecule has 4 aromatic rings. The molecule has 0 unspecified atom stereocenters. The number of halogens is 1. The molecule has 3 nitrogen and oxygen atoms in total. The molecule has 0 fully saturated rings. The van der Waals surface area contributed by atoms with Gasteiger partial charge >= 0.3 is 0 Å². The molecule has 0 atom stereocenters. The Morgan fingerprint density at radius 3 is 2.63 bits per heavy atom. The van der Waals surface area contributed by atoms with Crippen molar-refractivity contribution >= 4 is 38.8 Å². The Labute approximate surface area is 167 Å². The fourth-order valence-electron chi connectivity index (χ4n) is 2.97. The minimum absolute atomic E-state index is 0.642. The predicted molar refractivity (Wildman–Crippen MR) is 115 cm³/mol. The number of aromatic nitrogens is 1. The van der Waals surface area contributed by atoms with Crippen LogP contribution in [0.2, 0.25) is 5.02 Å². The number of fused-ring (bicyclic) bond motifs is 1. The molecule has 0 spiro atoms. The molecule has 0 saturated heterocycles. The minimum Gasteiger partial charge on any atom is -0.496 e. The Bertz CT molecular complexity index is 1090. The number of nitrogens with one attached hydrogen (secondary N) is 1. The van der Waals surface area contributed by atoms with Gasteiger partial charge in [0.2, 0.25) is 0 Å².